The van der Waals surface area contributed by atoms with Gasteiger partial charge in [-0.2, -0.15) is 0 Å². The predicted molar refractivity (Wildman–Crippen MR) is 45.9 cm³/mol. The zero-order valence-electron chi connectivity index (χ0n) is 6.46. The van der Waals surface area contributed by atoms with Crippen molar-refractivity contribution in [2.75, 3.05) is 26.8 Å². The summed E-state index contributed by atoms with van der Waals surface area (Å²) in [6, 6.07) is 0. The quantitative estimate of drug-likeness (QED) is 0.598. The highest BCUT2D eigenvalue weighted by Crippen LogP contribution is 2.07. The molecule has 0 spiro atoms. The Bertz CT molecular complexity index is 179. The molecule has 1 aliphatic rings. The minimum atomic E-state index is 0.535. The molecule has 0 unspecified atom stereocenters. The monoisotopic (exact) mass is 174 g/mol. The van der Waals surface area contributed by atoms with E-state index in [1.54, 1.807) is 13.3 Å². The molecule has 1 rings (SSSR count). The molecular formula is C7H11ClN2O. The van der Waals surface area contributed by atoms with Crippen molar-refractivity contribution in [2.45, 2.75) is 0 Å². The second-order valence-electron chi connectivity index (χ2n) is 2.25. The summed E-state index contributed by atoms with van der Waals surface area (Å²) < 4.78 is 4.92. The Morgan fingerprint density at radius 3 is 3.27 bits per heavy atom. The van der Waals surface area contributed by atoms with Crippen LogP contribution in [0.1, 0.15) is 0 Å². The summed E-state index contributed by atoms with van der Waals surface area (Å²) in [6.45, 7) is 2.40. The highest BCUT2D eigenvalue weighted by atomic mass is 35.5. The molecule has 0 aromatic rings. The Labute approximate surface area is 71.3 Å². The van der Waals surface area contributed by atoms with Gasteiger partial charge in [-0.25, -0.2) is 4.99 Å². The van der Waals surface area contributed by atoms with Crippen molar-refractivity contribution in [2.24, 2.45) is 4.99 Å². The molecule has 0 aromatic carbocycles. The summed E-state index contributed by atoms with van der Waals surface area (Å²) in [5, 5.41) is 0.535. The van der Waals surface area contributed by atoms with Gasteiger partial charge < -0.3 is 9.64 Å². The number of halogens is 1. The fourth-order valence-corrected chi connectivity index (χ4v) is 1.04. The summed E-state index contributed by atoms with van der Waals surface area (Å²) in [6.07, 6.45) is 3.61. The van der Waals surface area contributed by atoms with Gasteiger partial charge in [0.05, 0.1) is 13.2 Å². The maximum atomic E-state index is 5.67. The Balaban J connectivity index is 2.31. The molecule has 3 nitrogen and oxygen atoms in total. The third-order valence-electron chi connectivity index (χ3n) is 1.40. The lowest BCUT2D eigenvalue weighted by molar-refractivity contribution is 0.174. The van der Waals surface area contributed by atoms with Crippen LogP contribution in [-0.2, 0) is 4.74 Å². The highest BCUT2D eigenvalue weighted by molar-refractivity contribution is 6.29. The lowest BCUT2D eigenvalue weighted by Gasteiger charge is -2.19. The smallest absolute Gasteiger partial charge is 0.144 e. The van der Waals surface area contributed by atoms with Gasteiger partial charge in [0.1, 0.15) is 5.16 Å². The van der Waals surface area contributed by atoms with E-state index in [9.17, 15) is 0 Å². The van der Waals surface area contributed by atoms with Crippen LogP contribution in [0.2, 0.25) is 0 Å². The van der Waals surface area contributed by atoms with Crippen molar-refractivity contribution in [1.82, 2.24) is 4.90 Å². The lowest BCUT2D eigenvalue weighted by atomic mass is 10.5. The van der Waals surface area contributed by atoms with E-state index in [0.717, 1.165) is 13.1 Å². The average molecular weight is 175 g/mol. The molecule has 0 atom stereocenters. The number of hydrogen-bond donors (Lipinski definition) is 0. The van der Waals surface area contributed by atoms with E-state index in [-0.39, 0.29) is 0 Å². The topological polar surface area (TPSA) is 24.8 Å². The van der Waals surface area contributed by atoms with Crippen LogP contribution in [0.5, 0.6) is 0 Å². The molecule has 0 aromatic heterocycles. The molecule has 0 radical (unpaired) electrons. The maximum Gasteiger partial charge on any atom is 0.144 e. The molecule has 0 N–H and O–H groups in total. The van der Waals surface area contributed by atoms with Crippen molar-refractivity contribution in [1.29, 1.82) is 0 Å². The summed E-state index contributed by atoms with van der Waals surface area (Å²) in [7, 11) is 1.68. The fraction of sp³-hybridized carbons (Fsp3) is 0.571. The summed E-state index contributed by atoms with van der Waals surface area (Å²) in [4.78, 5) is 5.96. The van der Waals surface area contributed by atoms with Crippen molar-refractivity contribution >= 4 is 17.8 Å². The number of nitrogens with zero attached hydrogens (tertiary/aromatic N) is 2. The normalized spacial score (nSPS) is 16.9. The summed E-state index contributed by atoms with van der Waals surface area (Å²) in [5.74, 6) is 0. The predicted octanol–water partition coefficient (Wildman–Crippen LogP) is 1.06. The van der Waals surface area contributed by atoms with Crippen molar-refractivity contribution in [3.8, 4) is 0 Å². The molecule has 1 heterocycles. The Morgan fingerprint density at radius 2 is 2.64 bits per heavy atom. The van der Waals surface area contributed by atoms with Crippen LogP contribution in [0.3, 0.4) is 0 Å². The Hall–Kier alpha value is -0.540. The first-order valence-corrected chi connectivity index (χ1v) is 3.83. The fourth-order valence-electron chi connectivity index (χ4n) is 0.834. The van der Waals surface area contributed by atoms with E-state index in [0.29, 0.717) is 11.8 Å². The average Bonchev–Trinajstić information content (AvgIpc) is 2.01. The van der Waals surface area contributed by atoms with Gasteiger partial charge in [0, 0.05) is 26.1 Å². The van der Waals surface area contributed by atoms with E-state index < -0.39 is 0 Å². The van der Waals surface area contributed by atoms with E-state index in [1.165, 1.54) is 0 Å². The van der Waals surface area contributed by atoms with Crippen LogP contribution in [0.15, 0.2) is 16.3 Å². The van der Waals surface area contributed by atoms with E-state index in [4.69, 9.17) is 16.3 Å². The molecule has 0 aliphatic carbocycles. The van der Waals surface area contributed by atoms with Gasteiger partial charge in [-0.05, 0) is 0 Å². The van der Waals surface area contributed by atoms with Crippen molar-refractivity contribution in [3.63, 3.8) is 0 Å². The second kappa shape index (κ2) is 4.36. The minimum Gasteiger partial charge on any atom is -0.383 e. The molecule has 0 fully saturated rings. The summed E-state index contributed by atoms with van der Waals surface area (Å²) in [5.41, 5.74) is 0. The number of ether oxygens (including phenoxy) is 1. The highest BCUT2D eigenvalue weighted by Gasteiger charge is 2.02. The van der Waals surface area contributed by atoms with E-state index >= 15 is 0 Å². The third kappa shape index (κ3) is 2.91. The molecule has 0 bridgehead atoms. The third-order valence-corrected chi connectivity index (χ3v) is 1.60. The zero-order chi connectivity index (χ0) is 8.10. The second-order valence-corrected chi connectivity index (χ2v) is 2.64. The number of rotatable bonds is 3. The van der Waals surface area contributed by atoms with Gasteiger partial charge >= 0.3 is 0 Å². The van der Waals surface area contributed by atoms with Crippen LogP contribution in [0.25, 0.3) is 0 Å². The number of aliphatic imine (C=N–C) groups is 1. The van der Waals surface area contributed by atoms with Crippen molar-refractivity contribution < 1.29 is 4.74 Å². The number of methoxy groups -OCH3 is 1. The SMILES string of the molecule is COCCN1C=C(Cl)N=CC1. The van der Waals surface area contributed by atoms with Crippen molar-refractivity contribution in [3.05, 3.63) is 11.4 Å². The van der Waals surface area contributed by atoms with Gasteiger partial charge in [-0.3, -0.25) is 0 Å². The van der Waals surface area contributed by atoms with Crippen LogP contribution in [-0.4, -0.2) is 37.9 Å². The van der Waals surface area contributed by atoms with Crippen LogP contribution < -0.4 is 0 Å². The number of hydrogen-bond acceptors (Lipinski definition) is 3. The largest absolute Gasteiger partial charge is 0.383 e. The molecule has 0 saturated carbocycles. The minimum absolute atomic E-state index is 0.535. The Morgan fingerprint density at radius 1 is 1.82 bits per heavy atom. The molecule has 11 heavy (non-hydrogen) atoms. The van der Waals surface area contributed by atoms with Gasteiger partial charge in [-0.1, -0.05) is 11.6 Å². The van der Waals surface area contributed by atoms with E-state index in [2.05, 4.69) is 9.89 Å². The Kier molecular flexibility index (Phi) is 3.39. The summed E-state index contributed by atoms with van der Waals surface area (Å²) >= 11 is 5.67. The van der Waals surface area contributed by atoms with Gasteiger partial charge in [0.25, 0.3) is 0 Å². The standard InChI is InChI=1S/C7H11ClN2O/c1-11-5-4-10-3-2-9-7(8)6-10/h2,6H,3-5H2,1H3. The molecule has 62 valence electrons. The zero-order valence-corrected chi connectivity index (χ0v) is 7.21. The molecule has 0 amide bonds. The van der Waals surface area contributed by atoms with Crippen LogP contribution >= 0.6 is 11.6 Å². The maximum absolute atomic E-state index is 5.67. The molecule has 0 saturated heterocycles. The lowest BCUT2D eigenvalue weighted by Crippen LogP contribution is -2.25. The van der Waals surface area contributed by atoms with Crippen LogP contribution in [0, 0.1) is 0 Å². The van der Waals surface area contributed by atoms with E-state index in [1.807, 2.05) is 6.20 Å². The first kappa shape index (κ1) is 8.56. The van der Waals surface area contributed by atoms with Gasteiger partial charge in [0.2, 0.25) is 0 Å². The molecule has 1 aliphatic heterocycles. The van der Waals surface area contributed by atoms with Gasteiger partial charge in [0.15, 0.2) is 0 Å². The first-order valence-electron chi connectivity index (χ1n) is 3.46. The molecular weight excluding hydrogens is 164 g/mol. The molecule has 4 heteroatoms. The van der Waals surface area contributed by atoms with Gasteiger partial charge in [-0.15, -0.1) is 0 Å². The first-order chi connectivity index (χ1) is 5.33. The van der Waals surface area contributed by atoms with Crippen LogP contribution in [0.4, 0.5) is 0 Å².